The van der Waals surface area contributed by atoms with Crippen LogP contribution in [0.2, 0.25) is 18.6 Å². The Labute approximate surface area is 360 Å². The number of fused-ring (bicyclic) bond motifs is 2. The van der Waals surface area contributed by atoms with Crippen molar-refractivity contribution in [2.45, 2.75) is 50.2 Å². The average molecular weight is 836 g/mol. The molecule has 7 aromatic rings. The maximum atomic E-state index is 15.6. The molecular weight excluding hydrogens is 791 g/mol. The molecule has 308 valence electrons. The van der Waals surface area contributed by atoms with E-state index in [4.69, 9.17) is 9.47 Å². The maximum Gasteiger partial charge on any atom is 0.264 e. The second kappa shape index (κ2) is 14.0. The Morgan fingerprint density at radius 3 is 1.84 bits per heavy atom. The van der Waals surface area contributed by atoms with Gasteiger partial charge in [0.25, 0.3) is 17.7 Å². The summed E-state index contributed by atoms with van der Waals surface area (Å²) in [5, 5.41) is 15.6. The average Bonchev–Trinajstić information content (AvgIpc) is 3.94. The molecule has 4 aliphatic heterocycles. The molecule has 62 heavy (non-hydrogen) atoms. The second-order valence-electron chi connectivity index (χ2n) is 17.6. The van der Waals surface area contributed by atoms with Crippen molar-refractivity contribution in [3.63, 3.8) is 0 Å². The number of aliphatic hydroxyl groups is 1. The lowest BCUT2D eigenvalue weighted by Gasteiger charge is -2.37. The Bertz CT molecular complexity index is 3010. The molecule has 4 atom stereocenters. The third-order valence-electron chi connectivity index (χ3n) is 14.1. The Morgan fingerprint density at radius 2 is 1.26 bits per heavy atom. The van der Waals surface area contributed by atoms with E-state index in [2.05, 4.69) is 32.2 Å². The summed E-state index contributed by atoms with van der Waals surface area (Å²) in [4.78, 5) is 49.0. The van der Waals surface area contributed by atoms with Crippen LogP contribution >= 0.6 is 0 Å². The summed E-state index contributed by atoms with van der Waals surface area (Å²) in [5.41, 5.74) is 5.28. The van der Waals surface area contributed by atoms with Gasteiger partial charge in [0.2, 0.25) is 0 Å². The topological polar surface area (TPSA) is 99.6 Å². The molecule has 1 spiro atoms. The van der Waals surface area contributed by atoms with Crippen molar-refractivity contribution in [3.8, 4) is 5.75 Å². The summed E-state index contributed by atoms with van der Waals surface area (Å²) in [6, 6.07) is 45.5. The van der Waals surface area contributed by atoms with E-state index >= 15 is 4.79 Å². The highest BCUT2D eigenvalue weighted by Crippen LogP contribution is 2.61. The number of carbonyl (C=O) groups excluding carboxylic acids is 3. The second-order valence-corrected chi connectivity index (χ2v) is 22.3. The lowest BCUT2D eigenvalue weighted by molar-refractivity contribution is -0.146. The van der Waals surface area contributed by atoms with Crippen LogP contribution in [0, 0.1) is 5.92 Å². The molecule has 9 nitrogen and oxygen atoms in total. The Kier molecular flexibility index (Phi) is 8.64. The van der Waals surface area contributed by atoms with Crippen molar-refractivity contribution in [1.29, 1.82) is 0 Å². The van der Waals surface area contributed by atoms with Gasteiger partial charge in [-0.2, -0.15) is 0 Å². The zero-order valence-corrected chi connectivity index (χ0v) is 36.0. The summed E-state index contributed by atoms with van der Waals surface area (Å²) in [6.45, 7) is 6.95. The van der Waals surface area contributed by atoms with Crippen molar-refractivity contribution >= 4 is 81.0 Å². The largest absolute Gasteiger partial charge is 0.497 e. The van der Waals surface area contributed by atoms with Crippen molar-refractivity contribution < 1.29 is 29.0 Å². The van der Waals surface area contributed by atoms with E-state index in [0.717, 1.165) is 61.2 Å². The van der Waals surface area contributed by atoms with Gasteiger partial charge >= 0.3 is 0 Å². The van der Waals surface area contributed by atoms with Crippen LogP contribution in [0.25, 0.3) is 21.5 Å². The maximum absolute atomic E-state index is 15.6. The number of aliphatic hydroxyl groups excluding tert-OH is 1. The molecule has 0 unspecified atom stereocenters. The third kappa shape index (κ3) is 5.30. The number of methoxy groups -OCH3 is 1. The normalized spacial score (nSPS) is 21.3. The van der Waals surface area contributed by atoms with Gasteiger partial charge in [-0.25, -0.2) is 0 Å². The molecule has 0 saturated carbocycles. The van der Waals surface area contributed by atoms with Crippen LogP contribution in [0.5, 0.6) is 5.75 Å². The van der Waals surface area contributed by atoms with Gasteiger partial charge in [0.1, 0.15) is 5.75 Å². The minimum atomic E-state index is -2.44. The third-order valence-corrected chi connectivity index (χ3v) is 18.5. The van der Waals surface area contributed by atoms with Crippen LogP contribution in [0.1, 0.15) is 45.2 Å². The van der Waals surface area contributed by atoms with E-state index in [-0.39, 0.29) is 42.3 Å². The summed E-state index contributed by atoms with van der Waals surface area (Å²) in [7, 11) is -0.778. The van der Waals surface area contributed by atoms with Crippen LogP contribution in [-0.2, 0) is 21.7 Å². The highest BCUT2D eigenvalue weighted by atomic mass is 28.3. The van der Waals surface area contributed by atoms with E-state index < -0.39 is 19.8 Å². The number of nitrogens with zero attached hydrogens (tertiary/aromatic N) is 3. The van der Waals surface area contributed by atoms with Crippen LogP contribution < -0.4 is 24.6 Å². The molecule has 4 heterocycles. The molecule has 7 aromatic carbocycles. The Balaban J connectivity index is 1.00. The van der Waals surface area contributed by atoms with E-state index in [1.807, 2.05) is 132 Å². The van der Waals surface area contributed by atoms with Gasteiger partial charge in [-0.1, -0.05) is 98.0 Å². The van der Waals surface area contributed by atoms with Crippen LogP contribution in [-0.4, -0.2) is 50.7 Å². The number of rotatable bonds is 9. The molecule has 1 N–H and O–H groups in total. The predicted molar refractivity (Wildman–Crippen MR) is 246 cm³/mol. The number of amides is 3. The number of carbonyl (C=O) groups is 3. The smallest absolute Gasteiger partial charge is 0.264 e. The first-order chi connectivity index (χ1) is 30.1. The van der Waals surface area contributed by atoms with Crippen molar-refractivity contribution in [3.05, 3.63) is 162 Å². The number of ether oxygens (including phenoxy) is 2. The van der Waals surface area contributed by atoms with Crippen molar-refractivity contribution in [2.24, 2.45) is 5.92 Å². The summed E-state index contributed by atoms with van der Waals surface area (Å²) < 4.78 is 12.8. The summed E-state index contributed by atoms with van der Waals surface area (Å²) in [6.07, 6.45) is -0.0292. The fourth-order valence-corrected chi connectivity index (χ4v) is 15.3. The lowest BCUT2D eigenvalue weighted by atomic mass is 9.82. The van der Waals surface area contributed by atoms with Gasteiger partial charge in [0.05, 0.1) is 56.0 Å². The van der Waals surface area contributed by atoms with Crippen molar-refractivity contribution in [2.75, 3.05) is 28.4 Å². The molecule has 0 bridgehead atoms. The highest BCUT2D eigenvalue weighted by molar-refractivity contribution is 6.91. The first kappa shape index (κ1) is 38.3. The van der Waals surface area contributed by atoms with E-state index in [1.54, 1.807) is 16.9 Å². The molecule has 1 fully saturated rings. The predicted octanol–water partition coefficient (Wildman–Crippen LogP) is 9.73. The number of anilines is 5. The summed E-state index contributed by atoms with van der Waals surface area (Å²) >= 11 is 0. The standard InChI is InChI=1S/C52H45N3O6Si/c1-31-48(62(3,4)38-24-22-37(60-2)23-25-38)45(27-28-56)61-52(31)41-29-36(55-44-16-8-12-34-10-6-14-40(47(34)44)50(55)58)21-26-42(41)53(51(52)59)30-32-17-19-35(20-18-32)54-43-15-7-11-33-9-5-13-39(46(33)43)49(54)57/h5-26,29,31,45,48,56H,27-28,30H2,1-4H3/t31-,45+,48-,52+/m1/s1. The van der Waals surface area contributed by atoms with Crippen LogP contribution in [0.15, 0.2) is 140 Å². The van der Waals surface area contributed by atoms with Crippen LogP contribution in [0.3, 0.4) is 0 Å². The zero-order chi connectivity index (χ0) is 42.7. The SMILES string of the molecule is COc1ccc([Si](C)(C)[C@H]2[C@H](CCO)O[C@@]3(C(=O)N(Cc4ccc(N5C(=O)c6cccc7cccc5c67)cc4)c4ccc(N5C(=O)c6cccc7cccc5c67)cc43)[C@@H]2C)cc1. The van der Waals surface area contributed by atoms with Gasteiger partial charge in [0, 0.05) is 40.2 Å². The van der Waals surface area contributed by atoms with Gasteiger partial charge in [-0.05, 0) is 95.0 Å². The fourth-order valence-electron chi connectivity index (χ4n) is 11.3. The molecule has 11 rings (SSSR count). The molecule has 0 aromatic heterocycles. The van der Waals surface area contributed by atoms with Crippen molar-refractivity contribution in [1.82, 2.24) is 0 Å². The van der Waals surface area contributed by atoms with E-state index in [0.29, 0.717) is 23.2 Å². The fraction of sp³-hybridized carbons (Fsp3) is 0.212. The molecule has 0 radical (unpaired) electrons. The molecule has 10 heteroatoms. The molecule has 1 saturated heterocycles. The monoisotopic (exact) mass is 835 g/mol. The van der Waals surface area contributed by atoms with E-state index in [1.165, 1.54) is 5.19 Å². The summed E-state index contributed by atoms with van der Waals surface area (Å²) in [5.74, 6) is 0.130. The molecular formula is C52H45N3O6Si. The van der Waals surface area contributed by atoms with Gasteiger partial charge in [0.15, 0.2) is 5.60 Å². The molecule has 3 amide bonds. The highest BCUT2D eigenvalue weighted by Gasteiger charge is 2.66. The first-order valence-electron chi connectivity index (χ1n) is 21.3. The molecule has 0 aliphatic carbocycles. The minimum absolute atomic E-state index is 0.0549. The number of hydrogen-bond donors (Lipinski definition) is 1. The van der Waals surface area contributed by atoms with Crippen LogP contribution in [0.4, 0.5) is 28.4 Å². The minimum Gasteiger partial charge on any atom is -0.497 e. The van der Waals surface area contributed by atoms with Gasteiger partial charge in [-0.15, -0.1) is 0 Å². The first-order valence-corrected chi connectivity index (χ1v) is 24.4. The Morgan fingerprint density at radius 1 is 0.694 bits per heavy atom. The quantitative estimate of drug-likeness (QED) is 0.146. The number of benzene rings is 7. The number of hydrogen-bond acceptors (Lipinski definition) is 6. The zero-order valence-electron chi connectivity index (χ0n) is 35.0. The van der Waals surface area contributed by atoms with Gasteiger partial charge < -0.3 is 19.5 Å². The Hall–Kier alpha value is -6.59. The molecule has 4 aliphatic rings. The van der Waals surface area contributed by atoms with E-state index in [9.17, 15) is 14.7 Å². The lowest BCUT2D eigenvalue weighted by Crippen LogP contribution is -2.51. The van der Waals surface area contributed by atoms with Gasteiger partial charge in [-0.3, -0.25) is 24.2 Å².